The third-order valence-electron chi connectivity index (χ3n) is 5.66. The maximum Gasteiger partial charge on any atom is 0.255 e. The number of nitrogens with zero attached hydrogens (tertiary/aromatic N) is 1. The van der Waals surface area contributed by atoms with Crippen molar-refractivity contribution in [2.45, 2.75) is 19.4 Å². The van der Waals surface area contributed by atoms with Crippen molar-refractivity contribution < 1.29 is 14.3 Å². The van der Waals surface area contributed by atoms with Gasteiger partial charge in [-0.1, -0.05) is 36.4 Å². The number of amides is 2. The van der Waals surface area contributed by atoms with Crippen molar-refractivity contribution in [1.29, 1.82) is 0 Å². The van der Waals surface area contributed by atoms with E-state index in [1.54, 1.807) is 24.3 Å². The topological polar surface area (TPSA) is 84.7 Å². The Labute approximate surface area is 188 Å². The van der Waals surface area contributed by atoms with E-state index in [1.807, 2.05) is 54.6 Å². The number of hydrogen-bond acceptors (Lipinski definition) is 4. The number of likely N-dealkylation sites (tertiary alicyclic amines) is 1. The average molecular weight is 430 g/mol. The third kappa shape index (κ3) is 5.53. The number of hydrogen-bond donors (Lipinski definition) is 2. The predicted octanol–water partition coefficient (Wildman–Crippen LogP) is 4.43. The van der Waals surface area contributed by atoms with Gasteiger partial charge in [-0.2, -0.15) is 0 Å². The molecule has 1 atom stereocenters. The van der Waals surface area contributed by atoms with Gasteiger partial charge < -0.3 is 15.8 Å². The van der Waals surface area contributed by atoms with Crippen LogP contribution in [-0.2, 0) is 11.3 Å². The first kappa shape index (κ1) is 21.6. The molecule has 6 heteroatoms. The van der Waals surface area contributed by atoms with E-state index in [-0.39, 0.29) is 17.7 Å². The van der Waals surface area contributed by atoms with Crippen LogP contribution in [0.5, 0.6) is 11.5 Å². The second-order valence-corrected chi connectivity index (χ2v) is 8.03. The second-order valence-electron chi connectivity index (χ2n) is 8.03. The summed E-state index contributed by atoms with van der Waals surface area (Å²) in [6.45, 7) is 2.22. The number of primary amides is 1. The zero-order valence-corrected chi connectivity index (χ0v) is 17.9. The Morgan fingerprint density at radius 2 is 1.62 bits per heavy atom. The molecule has 1 unspecified atom stereocenters. The molecule has 164 valence electrons. The van der Waals surface area contributed by atoms with Crippen LogP contribution in [0.3, 0.4) is 0 Å². The van der Waals surface area contributed by atoms with Crippen molar-refractivity contribution in [1.82, 2.24) is 4.90 Å². The van der Waals surface area contributed by atoms with Gasteiger partial charge in [0.05, 0.1) is 5.92 Å². The van der Waals surface area contributed by atoms with Gasteiger partial charge in [0.1, 0.15) is 11.5 Å². The molecule has 1 heterocycles. The van der Waals surface area contributed by atoms with Gasteiger partial charge in [0.2, 0.25) is 5.91 Å². The van der Waals surface area contributed by atoms with Crippen LogP contribution in [0.25, 0.3) is 0 Å². The smallest absolute Gasteiger partial charge is 0.255 e. The summed E-state index contributed by atoms with van der Waals surface area (Å²) in [5, 5.41) is 3.02. The number of nitrogens with one attached hydrogen (secondary N) is 1. The fourth-order valence-corrected chi connectivity index (χ4v) is 3.95. The van der Waals surface area contributed by atoms with Gasteiger partial charge in [0.25, 0.3) is 5.91 Å². The van der Waals surface area contributed by atoms with E-state index < -0.39 is 0 Å². The van der Waals surface area contributed by atoms with Crippen LogP contribution in [-0.4, -0.2) is 29.8 Å². The molecule has 1 aliphatic heterocycles. The molecule has 3 aromatic carbocycles. The molecule has 6 nitrogen and oxygen atoms in total. The molecule has 3 aromatic rings. The minimum atomic E-state index is -0.240. The lowest BCUT2D eigenvalue weighted by molar-refractivity contribution is -0.123. The minimum Gasteiger partial charge on any atom is -0.457 e. The van der Waals surface area contributed by atoms with Gasteiger partial charge in [0.15, 0.2) is 0 Å². The van der Waals surface area contributed by atoms with Crippen LogP contribution in [0.4, 0.5) is 5.69 Å². The number of nitrogens with two attached hydrogens (primary N) is 1. The highest BCUT2D eigenvalue weighted by Gasteiger charge is 2.24. The molecule has 0 bridgehead atoms. The van der Waals surface area contributed by atoms with Gasteiger partial charge >= 0.3 is 0 Å². The van der Waals surface area contributed by atoms with E-state index in [2.05, 4.69) is 10.2 Å². The number of para-hydroxylation sites is 2. The minimum absolute atomic E-state index is 0.109. The summed E-state index contributed by atoms with van der Waals surface area (Å²) in [5.74, 6) is 0.882. The number of ether oxygens (including phenoxy) is 1. The number of carbonyl (C=O) groups is 2. The summed E-state index contributed by atoms with van der Waals surface area (Å²) in [6.07, 6.45) is 1.79. The van der Waals surface area contributed by atoms with Crippen molar-refractivity contribution in [2.24, 2.45) is 11.7 Å². The summed E-state index contributed by atoms with van der Waals surface area (Å²) >= 11 is 0. The molecule has 0 spiro atoms. The van der Waals surface area contributed by atoms with Gasteiger partial charge in [0, 0.05) is 24.3 Å². The highest BCUT2D eigenvalue weighted by molar-refractivity contribution is 6.04. The zero-order valence-electron chi connectivity index (χ0n) is 17.9. The molecule has 0 aromatic heterocycles. The van der Waals surface area contributed by atoms with Gasteiger partial charge in [-0.15, -0.1) is 0 Å². The van der Waals surface area contributed by atoms with Crippen molar-refractivity contribution >= 4 is 17.5 Å². The zero-order chi connectivity index (χ0) is 22.3. The van der Waals surface area contributed by atoms with E-state index in [0.29, 0.717) is 24.4 Å². The number of rotatable bonds is 7. The summed E-state index contributed by atoms with van der Waals surface area (Å²) < 4.78 is 5.79. The van der Waals surface area contributed by atoms with Crippen LogP contribution in [0.15, 0.2) is 78.9 Å². The Kier molecular flexibility index (Phi) is 6.82. The predicted molar refractivity (Wildman–Crippen MR) is 125 cm³/mol. The Hall–Kier alpha value is -3.64. The SMILES string of the molecule is NC(=O)C1CCCN(Cc2ccccc2NC(=O)c2ccc(Oc3ccccc3)cc2)C1. The molecule has 32 heavy (non-hydrogen) atoms. The molecule has 0 saturated carbocycles. The Morgan fingerprint density at radius 3 is 2.38 bits per heavy atom. The van der Waals surface area contributed by atoms with Gasteiger partial charge in [-0.3, -0.25) is 14.5 Å². The van der Waals surface area contributed by atoms with E-state index >= 15 is 0 Å². The van der Waals surface area contributed by atoms with E-state index in [9.17, 15) is 9.59 Å². The molecule has 4 rings (SSSR count). The number of carbonyl (C=O) groups excluding carboxylic acids is 2. The van der Waals surface area contributed by atoms with Crippen molar-refractivity contribution in [3.05, 3.63) is 90.0 Å². The standard InChI is InChI=1S/C26H27N3O3/c27-25(30)21-8-6-16-29(18-21)17-20-7-4-5-11-24(20)28-26(31)19-12-14-23(15-13-19)32-22-9-2-1-3-10-22/h1-5,7,9-15,21H,6,8,16-18H2,(H2,27,30)(H,28,31). The molecule has 2 amide bonds. The molecule has 1 fully saturated rings. The van der Waals surface area contributed by atoms with Crippen molar-refractivity contribution in [2.75, 3.05) is 18.4 Å². The van der Waals surface area contributed by atoms with Gasteiger partial charge in [-0.05, 0) is 67.4 Å². The van der Waals surface area contributed by atoms with E-state index in [1.165, 1.54) is 0 Å². The van der Waals surface area contributed by atoms with Crippen LogP contribution in [0.1, 0.15) is 28.8 Å². The molecule has 3 N–H and O–H groups in total. The fraction of sp³-hybridized carbons (Fsp3) is 0.231. The molecular weight excluding hydrogens is 402 g/mol. The molecular formula is C26H27N3O3. The number of anilines is 1. The number of benzene rings is 3. The Bertz CT molecular complexity index is 1070. The van der Waals surface area contributed by atoms with Crippen molar-refractivity contribution in [3.63, 3.8) is 0 Å². The lowest BCUT2D eigenvalue weighted by Gasteiger charge is -2.31. The Balaban J connectivity index is 1.41. The first-order chi connectivity index (χ1) is 15.6. The largest absolute Gasteiger partial charge is 0.457 e. The highest BCUT2D eigenvalue weighted by Crippen LogP contribution is 2.24. The van der Waals surface area contributed by atoms with Gasteiger partial charge in [-0.25, -0.2) is 0 Å². The highest BCUT2D eigenvalue weighted by atomic mass is 16.5. The summed E-state index contributed by atoms with van der Waals surface area (Å²) in [5.41, 5.74) is 7.83. The normalized spacial score (nSPS) is 16.3. The second kappa shape index (κ2) is 10.1. The molecule has 0 aliphatic carbocycles. The number of piperidine rings is 1. The maximum absolute atomic E-state index is 12.8. The maximum atomic E-state index is 12.8. The summed E-state index contributed by atoms with van der Waals surface area (Å²) in [4.78, 5) is 26.6. The summed E-state index contributed by atoms with van der Waals surface area (Å²) in [7, 11) is 0. The lowest BCUT2D eigenvalue weighted by Crippen LogP contribution is -2.40. The lowest BCUT2D eigenvalue weighted by atomic mass is 9.97. The third-order valence-corrected chi connectivity index (χ3v) is 5.66. The molecule has 0 radical (unpaired) electrons. The fourth-order valence-electron chi connectivity index (χ4n) is 3.95. The molecule has 1 saturated heterocycles. The quantitative estimate of drug-likeness (QED) is 0.582. The van der Waals surface area contributed by atoms with Crippen LogP contribution in [0, 0.1) is 5.92 Å². The summed E-state index contributed by atoms with van der Waals surface area (Å²) in [6, 6.07) is 24.3. The van der Waals surface area contributed by atoms with E-state index in [4.69, 9.17) is 10.5 Å². The van der Waals surface area contributed by atoms with Crippen LogP contribution < -0.4 is 15.8 Å². The monoisotopic (exact) mass is 429 g/mol. The van der Waals surface area contributed by atoms with Crippen LogP contribution >= 0.6 is 0 Å². The van der Waals surface area contributed by atoms with Crippen molar-refractivity contribution in [3.8, 4) is 11.5 Å². The van der Waals surface area contributed by atoms with Crippen LogP contribution in [0.2, 0.25) is 0 Å². The Morgan fingerprint density at radius 1 is 0.938 bits per heavy atom. The average Bonchev–Trinajstić information content (AvgIpc) is 2.81. The first-order valence-electron chi connectivity index (χ1n) is 10.8. The van der Waals surface area contributed by atoms with E-state index in [0.717, 1.165) is 36.4 Å². The molecule has 1 aliphatic rings. The first-order valence-corrected chi connectivity index (χ1v) is 10.8.